The van der Waals surface area contributed by atoms with Gasteiger partial charge < -0.3 is 14.5 Å². The number of hydrogen-bond acceptors (Lipinski definition) is 4. The molecule has 0 unspecified atom stereocenters. The Morgan fingerprint density at radius 1 is 1.08 bits per heavy atom. The summed E-state index contributed by atoms with van der Waals surface area (Å²) in [5.74, 6) is 0.488. The zero-order valence-corrected chi connectivity index (χ0v) is 15.7. The van der Waals surface area contributed by atoms with Crippen molar-refractivity contribution in [1.29, 1.82) is 0 Å². The molecule has 1 saturated heterocycles. The molecule has 0 saturated carbocycles. The fourth-order valence-corrected chi connectivity index (χ4v) is 3.18. The predicted octanol–water partition coefficient (Wildman–Crippen LogP) is 3.04. The minimum atomic E-state index is 0.0196. The van der Waals surface area contributed by atoms with E-state index in [9.17, 15) is 4.79 Å². The molecule has 26 heavy (non-hydrogen) atoms. The van der Waals surface area contributed by atoms with Crippen LogP contribution in [0.25, 0.3) is 0 Å². The number of nitrogens with zero attached hydrogens (tertiary/aromatic N) is 4. The van der Waals surface area contributed by atoms with Crippen LogP contribution >= 0.6 is 0 Å². The van der Waals surface area contributed by atoms with Gasteiger partial charge in [-0.05, 0) is 25.0 Å². The monoisotopic (exact) mass is 356 g/mol. The van der Waals surface area contributed by atoms with Gasteiger partial charge in [-0.3, -0.25) is 9.48 Å². The van der Waals surface area contributed by atoms with Crippen molar-refractivity contribution in [2.24, 2.45) is 0 Å². The number of rotatable bonds is 7. The predicted molar refractivity (Wildman–Crippen MR) is 103 cm³/mol. The molecule has 0 radical (unpaired) electrons. The number of piperazine rings is 1. The largest absolute Gasteiger partial charge is 0.476 e. The lowest BCUT2D eigenvalue weighted by atomic mass is 10.2. The molecular formula is C20H28N4O2. The summed E-state index contributed by atoms with van der Waals surface area (Å²) in [4.78, 5) is 17.2. The van der Waals surface area contributed by atoms with E-state index < -0.39 is 0 Å². The number of para-hydroxylation sites is 1. The molecule has 0 bridgehead atoms. The van der Waals surface area contributed by atoms with Gasteiger partial charge in [-0.1, -0.05) is 32.0 Å². The lowest BCUT2D eigenvalue weighted by Gasteiger charge is -2.36. The number of ether oxygens (including phenoxy) is 1. The molecule has 2 aromatic rings. The van der Waals surface area contributed by atoms with Gasteiger partial charge in [-0.2, -0.15) is 0 Å². The number of carbonyl (C=O) groups is 1. The van der Waals surface area contributed by atoms with Crippen molar-refractivity contribution < 1.29 is 9.53 Å². The van der Waals surface area contributed by atoms with Crippen LogP contribution in [0.2, 0.25) is 0 Å². The normalized spacial score (nSPS) is 14.5. The van der Waals surface area contributed by atoms with E-state index in [0.29, 0.717) is 31.1 Å². The first-order valence-electron chi connectivity index (χ1n) is 9.52. The molecule has 6 heteroatoms. The van der Waals surface area contributed by atoms with Crippen LogP contribution in [0.5, 0.6) is 5.88 Å². The van der Waals surface area contributed by atoms with E-state index >= 15 is 0 Å². The van der Waals surface area contributed by atoms with Crippen LogP contribution in [0.4, 0.5) is 5.69 Å². The summed E-state index contributed by atoms with van der Waals surface area (Å²) in [6.07, 6.45) is 3.70. The highest BCUT2D eigenvalue weighted by Gasteiger charge is 2.26. The van der Waals surface area contributed by atoms with E-state index in [1.807, 2.05) is 40.9 Å². The Labute approximate surface area is 155 Å². The number of aromatic nitrogens is 2. The van der Waals surface area contributed by atoms with Crippen molar-refractivity contribution >= 4 is 11.6 Å². The average Bonchev–Trinajstić information content (AvgIpc) is 3.09. The molecule has 0 spiro atoms. The zero-order valence-electron chi connectivity index (χ0n) is 15.7. The molecule has 1 aromatic carbocycles. The average molecular weight is 356 g/mol. The molecule has 1 fully saturated rings. The standard InChI is InChI=1S/C20H28N4O2/c1-3-10-24-16-18(19(21-24)26-15-4-2)20(25)23-13-11-22(12-14-23)17-8-6-5-7-9-17/h5-9,16H,3-4,10-15H2,1-2H3. The number of carbonyl (C=O) groups excluding carboxylic acids is 1. The smallest absolute Gasteiger partial charge is 0.261 e. The number of hydrogen-bond donors (Lipinski definition) is 0. The first-order chi connectivity index (χ1) is 12.7. The molecule has 3 rings (SSSR count). The van der Waals surface area contributed by atoms with Crippen molar-refractivity contribution in [2.45, 2.75) is 33.2 Å². The molecule has 140 valence electrons. The van der Waals surface area contributed by atoms with Crippen LogP contribution in [0.3, 0.4) is 0 Å². The Balaban J connectivity index is 1.67. The highest BCUT2D eigenvalue weighted by atomic mass is 16.5. The quantitative estimate of drug-likeness (QED) is 0.765. The van der Waals surface area contributed by atoms with Crippen LogP contribution in [-0.4, -0.2) is 53.4 Å². The third-order valence-electron chi connectivity index (χ3n) is 4.54. The van der Waals surface area contributed by atoms with Gasteiger partial charge in [0.1, 0.15) is 5.56 Å². The van der Waals surface area contributed by atoms with E-state index in [2.05, 4.69) is 29.1 Å². The van der Waals surface area contributed by atoms with Crippen molar-refractivity contribution in [1.82, 2.24) is 14.7 Å². The second-order valence-corrected chi connectivity index (χ2v) is 6.57. The fraction of sp³-hybridized carbons (Fsp3) is 0.500. The highest BCUT2D eigenvalue weighted by molar-refractivity contribution is 5.96. The van der Waals surface area contributed by atoms with Gasteiger partial charge >= 0.3 is 0 Å². The summed E-state index contributed by atoms with van der Waals surface area (Å²) in [5, 5.41) is 4.45. The minimum absolute atomic E-state index is 0.0196. The molecule has 0 N–H and O–H groups in total. The summed E-state index contributed by atoms with van der Waals surface area (Å²) in [6, 6.07) is 10.3. The summed E-state index contributed by atoms with van der Waals surface area (Å²) in [7, 11) is 0. The van der Waals surface area contributed by atoms with Crippen LogP contribution in [0, 0.1) is 0 Å². The minimum Gasteiger partial charge on any atom is -0.476 e. The van der Waals surface area contributed by atoms with E-state index in [4.69, 9.17) is 4.74 Å². The highest BCUT2D eigenvalue weighted by Crippen LogP contribution is 2.21. The zero-order chi connectivity index (χ0) is 18.4. The maximum absolute atomic E-state index is 13.0. The van der Waals surface area contributed by atoms with Gasteiger partial charge in [0.05, 0.1) is 6.61 Å². The van der Waals surface area contributed by atoms with Crippen molar-refractivity contribution in [3.05, 3.63) is 42.1 Å². The number of benzene rings is 1. The summed E-state index contributed by atoms with van der Waals surface area (Å²) >= 11 is 0. The molecular weight excluding hydrogens is 328 g/mol. The van der Waals surface area contributed by atoms with E-state index in [-0.39, 0.29) is 5.91 Å². The molecule has 0 atom stereocenters. The molecule has 0 aliphatic carbocycles. The van der Waals surface area contributed by atoms with Gasteiger partial charge in [0.15, 0.2) is 0 Å². The summed E-state index contributed by atoms with van der Waals surface area (Å²) < 4.78 is 7.54. The Bertz CT molecular complexity index is 706. The Morgan fingerprint density at radius 3 is 2.46 bits per heavy atom. The van der Waals surface area contributed by atoms with Crippen LogP contribution in [-0.2, 0) is 6.54 Å². The molecule has 6 nitrogen and oxygen atoms in total. The molecule has 1 aromatic heterocycles. The van der Waals surface area contributed by atoms with Gasteiger partial charge in [0.2, 0.25) is 5.88 Å². The number of anilines is 1. The van der Waals surface area contributed by atoms with E-state index in [0.717, 1.165) is 32.5 Å². The third kappa shape index (κ3) is 4.18. The van der Waals surface area contributed by atoms with Gasteiger partial charge in [0.25, 0.3) is 5.91 Å². The summed E-state index contributed by atoms with van der Waals surface area (Å²) in [5.41, 5.74) is 1.79. The lowest BCUT2D eigenvalue weighted by molar-refractivity contribution is 0.0742. The second-order valence-electron chi connectivity index (χ2n) is 6.57. The van der Waals surface area contributed by atoms with E-state index in [1.54, 1.807) is 0 Å². The number of aryl methyl sites for hydroxylation is 1. The van der Waals surface area contributed by atoms with Gasteiger partial charge in [0, 0.05) is 44.6 Å². The van der Waals surface area contributed by atoms with Gasteiger partial charge in [-0.15, -0.1) is 5.10 Å². The second kappa shape index (κ2) is 8.74. The van der Waals surface area contributed by atoms with Gasteiger partial charge in [-0.25, -0.2) is 0 Å². The topological polar surface area (TPSA) is 50.6 Å². The molecule has 1 aliphatic heterocycles. The molecule has 1 aliphatic rings. The van der Waals surface area contributed by atoms with Crippen molar-refractivity contribution in [3.63, 3.8) is 0 Å². The van der Waals surface area contributed by atoms with Crippen LogP contribution in [0.15, 0.2) is 36.5 Å². The lowest BCUT2D eigenvalue weighted by Crippen LogP contribution is -2.48. The Morgan fingerprint density at radius 2 is 1.81 bits per heavy atom. The Hall–Kier alpha value is -2.50. The first kappa shape index (κ1) is 18.3. The fourth-order valence-electron chi connectivity index (χ4n) is 3.18. The molecule has 2 heterocycles. The van der Waals surface area contributed by atoms with Crippen molar-refractivity contribution in [2.75, 3.05) is 37.7 Å². The summed E-state index contributed by atoms with van der Waals surface area (Å²) in [6.45, 7) is 8.60. The first-order valence-corrected chi connectivity index (χ1v) is 9.52. The maximum Gasteiger partial charge on any atom is 0.261 e. The number of amides is 1. The Kier molecular flexibility index (Phi) is 6.15. The van der Waals surface area contributed by atoms with Crippen LogP contribution < -0.4 is 9.64 Å². The third-order valence-corrected chi connectivity index (χ3v) is 4.54. The molecule has 1 amide bonds. The van der Waals surface area contributed by atoms with Crippen molar-refractivity contribution in [3.8, 4) is 5.88 Å². The maximum atomic E-state index is 13.0. The van der Waals surface area contributed by atoms with Crippen LogP contribution in [0.1, 0.15) is 37.0 Å². The van der Waals surface area contributed by atoms with E-state index in [1.165, 1.54) is 5.69 Å². The SMILES string of the molecule is CCCOc1nn(CCC)cc1C(=O)N1CCN(c2ccccc2)CC1.